The van der Waals surface area contributed by atoms with Crippen molar-refractivity contribution in [3.05, 3.63) is 29.1 Å². The van der Waals surface area contributed by atoms with Crippen molar-refractivity contribution >= 4 is 6.03 Å². The third-order valence-corrected chi connectivity index (χ3v) is 9.25. The molecule has 0 bridgehead atoms. The summed E-state index contributed by atoms with van der Waals surface area (Å²) in [7, 11) is 0. The average molecular weight is 558 g/mol. The van der Waals surface area contributed by atoms with Crippen LogP contribution in [0, 0.1) is 16.7 Å². The first-order valence-corrected chi connectivity index (χ1v) is 13.5. The van der Waals surface area contributed by atoms with Crippen LogP contribution in [0.1, 0.15) is 73.4 Å². The van der Waals surface area contributed by atoms with Gasteiger partial charge in [-0.15, -0.1) is 0 Å². The molecule has 8 nitrogen and oxygen atoms in total. The topological polar surface area (TPSA) is 82.9 Å². The van der Waals surface area contributed by atoms with E-state index in [9.17, 15) is 31.1 Å². The van der Waals surface area contributed by atoms with E-state index < -0.39 is 24.6 Å². The summed E-state index contributed by atoms with van der Waals surface area (Å²) in [5.41, 5.74) is -1.21. The summed E-state index contributed by atoms with van der Waals surface area (Å²) in [4.78, 5) is 21.3. The normalized spacial score (nSPS) is 24.5. The summed E-state index contributed by atoms with van der Waals surface area (Å²) in [6.07, 6.45) is -3.68. The third kappa shape index (κ3) is 4.56. The van der Waals surface area contributed by atoms with Gasteiger partial charge in [0.05, 0.1) is 5.69 Å². The van der Waals surface area contributed by atoms with Gasteiger partial charge in [-0.05, 0) is 56.9 Å². The Morgan fingerprint density at radius 2 is 1.56 bits per heavy atom. The number of likely N-dealkylation sites (tertiary alicyclic amines) is 2. The quantitative estimate of drug-likeness (QED) is 0.540. The van der Waals surface area contributed by atoms with Crippen molar-refractivity contribution in [2.24, 2.45) is 16.7 Å². The molecular formula is C25H29F6N7O. The fourth-order valence-corrected chi connectivity index (χ4v) is 7.39. The Morgan fingerprint density at radius 1 is 0.949 bits per heavy atom. The van der Waals surface area contributed by atoms with Gasteiger partial charge in [0, 0.05) is 48.8 Å². The summed E-state index contributed by atoms with van der Waals surface area (Å²) in [6, 6.07) is 0.763. The molecule has 2 aromatic heterocycles. The first-order valence-electron chi connectivity index (χ1n) is 13.5. The van der Waals surface area contributed by atoms with E-state index in [-0.39, 0.29) is 39.6 Å². The third-order valence-electron chi connectivity index (χ3n) is 9.25. The Balaban J connectivity index is 0.861. The van der Waals surface area contributed by atoms with Gasteiger partial charge in [0.25, 0.3) is 0 Å². The maximum absolute atomic E-state index is 13.2. The first kappa shape index (κ1) is 25.2. The molecule has 1 N–H and O–H groups in total. The van der Waals surface area contributed by atoms with E-state index in [2.05, 4.69) is 20.3 Å². The number of amides is 2. The smallest absolute Gasteiger partial charge is 0.323 e. The monoisotopic (exact) mass is 557 g/mol. The summed E-state index contributed by atoms with van der Waals surface area (Å²) in [5.74, 6) is 2.86. The van der Waals surface area contributed by atoms with Crippen LogP contribution in [0.15, 0.2) is 6.07 Å². The number of carbonyl (C=O) groups is 1. The van der Waals surface area contributed by atoms with Gasteiger partial charge in [-0.1, -0.05) is 0 Å². The SMILES string of the molecule is O=C(N1CC2(CC(Cc3cc(C(F)(F)F)n(CC(F)(F)F)n3)C2)C1)N1CC2(CC(c3n[nH]c(C4CC4)n3)C2)C1. The lowest BCUT2D eigenvalue weighted by Gasteiger charge is -2.63. The van der Waals surface area contributed by atoms with Crippen molar-refractivity contribution in [2.75, 3.05) is 26.2 Å². The molecule has 3 aliphatic carbocycles. The molecule has 2 spiro atoms. The molecule has 212 valence electrons. The molecule has 2 saturated heterocycles. The number of carbonyl (C=O) groups excluding carboxylic acids is 1. The molecule has 2 amide bonds. The Hall–Kier alpha value is -2.80. The van der Waals surface area contributed by atoms with Crippen LogP contribution >= 0.6 is 0 Å². The van der Waals surface area contributed by atoms with E-state index in [0.29, 0.717) is 24.9 Å². The number of rotatable bonds is 5. The lowest BCUT2D eigenvalue weighted by Crippen LogP contribution is -2.70. The van der Waals surface area contributed by atoms with Crippen molar-refractivity contribution in [1.29, 1.82) is 0 Å². The van der Waals surface area contributed by atoms with Crippen LogP contribution in [0.25, 0.3) is 0 Å². The minimum absolute atomic E-state index is 0.00833. The number of aromatic amines is 1. The minimum atomic E-state index is -4.91. The molecule has 7 rings (SSSR count). The predicted molar refractivity (Wildman–Crippen MR) is 123 cm³/mol. The number of urea groups is 1. The van der Waals surface area contributed by atoms with Crippen LogP contribution in [0.3, 0.4) is 0 Å². The molecule has 2 aromatic rings. The second-order valence-electron chi connectivity index (χ2n) is 12.7. The molecule has 0 radical (unpaired) electrons. The molecule has 0 aromatic carbocycles. The maximum Gasteiger partial charge on any atom is 0.433 e. The van der Waals surface area contributed by atoms with Gasteiger partial charge in [-0.2, -0.15) is 36.5 Å². The zero-order valence-electron chi connectivity index (χ0n) is 21.2. The zero-order valence-corrected chi connectivity index (χ0v) is 21.2. The van der Waals surface area contributed by atoms with Gasteiger partial charge in [-0.25, -0.2) is 9.78 Å². The van der Waals surface area contributed by atoms with E-state index in [4.69, 9.17) is 0 Å². The lowest BCUT2D eigenvalue weighted by atomic mass is 9.56. The molecule has 5 aliphatic rings. The molecule has 0 atom stereocenters. The number of hydrogen-bond acceptors (Lipinski definition) is 4. The van der Waals surface area contributed by atoms with Crippen LogP contribution in [0.2, 0.25) is 0 Å². The summed E-state index contributed by atoms with van der Waals surface area (Å²) in [6.45, 7) is 0.956. The summed E-state index contributed by atoms with van der Waals surface area (Å²) < 4.78 is 77.7. The lowest BCUT2D eigenvalue weighted by molar-refractivity contribution is -0.160. The van der Waals surface area contributed by atoms with Gasteiger partial charge >= 0.3 is 18.4 Å². The molecule has 3 saturated carbocycles. The average Bonchev–Trinajstić information content (AvgIpc) is 3.31. The highest BCUT2D eigenvalue weighted by molar-refractivity contribution is 5.77. The Bertz CT molecular complexity index is 1270. The highest BCUT2D eigenvalue weighted by Crippen LogP contribution is 2.57. The summed E-state index contributed by atoms with van der Waals surface area (Å²) in [5, 5.41) is 11.1. The van der Waals surface area contributed by atoms with Crippen LogP contribution in [0.5, 0.6) is 0 Å². The molecule has 2 aliphatic heterocycles. The standard InChI is InChI=1S/C25H29F6N7O/c26-24(27,28)13-38-18(25(29,30)31)4-17(35-38)3-14-5-22(6-14)9-36(10-22)21(39)37-11-23(12-37)7-16(8-23)20-32-19(33-34-20)15-1-2-15/h4,14-16H,1-3,5-13H2,(H,32,33,34). The Morgan fingerprint density at radius 3 is 2.13 bits per heavy atom. The number of hydrogen-bond donors (Lipinski definition) is 1. The van der Waals surface area contributed by atoms with Gasteiger partial charge in [-0.3, -0.25) is 9.78 Å². The molecule has 4 heterocycles. The van der Waals surface area contributed by atoms with Gasteiger partial charge in [0.1, 0.15) is 18.1 Å². The van der Waals surface area contributed by atoms with E-state index in [1.165, 1.54) is 12.8 Å². The minimum Gasteiger partial charge on any atom is -0.323 e. The van der Waals surface area contributed by atoms with E-state index in [1.54, 1.807) is 0 Å². The Kier molecular flexibility index (Phi) is 5.24. The number of nitrogens with one attached hydrogen (secondary N) is 1. The van der Waals surface area contributed by atoms with Crippen molar-refractivity contribution < 1.29 is 31.1 Å². The van der Waals surface area contributed by atoms with Crippen LogP contribution in [0.4, 0.5) is 31.1 Å². The number of aromatic nitrogens is 5. The zero-order chi connectivity index (χ0) is 27.4. The molecular weight excluding hydrogens is 528 g/mol. The second kappa shape index (κ2) is 8.12. The Labute approximate surface area is 220 Å². The van der Waals surface area contributed by atoms with Gasteiger partial charge in [0.15, 0.2) is 5.82 Å². The van der Waals surface area contributed by atoms with Crippen LogP contribution in [-0.2, 0) is 19.1 Å². The highest BCUT2D eigenvalue weighted by Gasteiger charge is 2.59. The molecule has 39 heavy (non-hydrogen) atoms. The summed E-state index contributed by atoms with van der Waals surface area (Å²) >= 11 is 0. The molecule has 5 fully saturated rings. The van der Waals surface area contributed by atoms with Crippen LogP contribution in [-0.4, -0.2) is 73.1 Å². The second-order valence-corrected chi connectivity index (χ2v) is 12.7. The van der Waals surface area contributed by atoms with Crippen molar-refractivity contribution in [2.45, 2.75) is 75.7 Å². The van der Waals surface area contributed by atoms with E-state index in [1.807, 2.05) is 9.80 Å². The number of alkyl halides is 6. The van der Waals surface area contributed by atoms with Crippen molar-refractivity contribution in [3.63, 3.8) is 0 Å². The van der Waals surface area contributed by atoms with Crippen molar-refractivity contribution in [3.8, 4) is 0 Å². The van der Waals surface area contributed by atoms with Gasteiger partial charge in [0.2, 0.25) is 0 Å². The van der Waals surface area contributed by atoms with E-state index in [0.717, 1.165) is 56.5 Å². The number of nitrogens with zero attached hydrogens (tertiary/aromatic N) is 6. The first-order chi connectivity index (χ1) is 18.3. The molecule has 14 heteroatoms. The van der Waals surface area contributed by atoms with Crippen molar-refractivity contribution in [1.82, 2.24) is 34.8 Å². The largest absolute Gasteiger partial charge is 0.433 e. The number of H-pyrrole nitrogens is 1. The number of halogens is 6. The van der Waals surface area contributed by atoms with E-state index >= 15 is 0 Å². The highest BCUT2D eigenvalue weighted by atomic mass is 19.4. The fraction of sp³-hybridized carbons (Fsp3) is 0.760. The predicted octanol–water partition coefficient (Wildman–Crippen LogP) is 4.71. The van der Waals surface area contributed by atoms with Gasteiger partial charge < -0.3 is 9.80 Å². The molecule has 0 unspecified atom stereocenters. The van der Waals surface area contributed by atoms with Crippen LogP contribution < -0.4 is 0 Å². The fourth-order valence-electron chi connectivity index (χ4n) is 7.39. The maximum atomic E-state index is 13.2.